The van der Waals surface area contributed by atoms with Crippen LogP contribution >= 0.6 is 0 Å². The molecule has 0 saturated heterocycles. The lowest BCUT2D eigenvalue weighted by Crippen LogP contribution is -2.15. The lowest BCUT2D eigenvalue weighted by atomic mass is 10.1. The number of fused-ring (bicyclic) bond motifs is 1. The highest BCUT2D eigenvalue weighted by Gasteiger charge is 2.15. The second kappa shape index (κ2) is 2.90. The Kier molecular flexibility index (Phi) is 1.89. The molecule has 66 valence electrons. The summed E-state index contributed by atoms with van der Waals surface area (Å²) in [5.41, 5.74) is 8.00. The van der Waals surface area contributed by atoms with Crippen molar-refractivity contribution >= 4 is 0 Å². The Hall–Kier alpha value is -0.830. The van der Waals surface area contributed by atoms with Crippen LogP contribution in [0.25, 0.3) is 0 Å². The van der Waals surface area contributed by atoms with Gasteiger partial charge < -0.3 is 10.3 Å². The minimum Gasteiger partial charge on any atom is -0.331 e. The van der Waals surface area contributed by atoms with Gasteiger partial charge in [-0.25, -0.2) is 4.98 Å². The SMILES string of the molecule is Cc1nc2n(c1CN)CCCC2. The van der Waals surface area contributed by atoms with E-state index in [2.05, 4.69) is 9.55 Å². The first-order chi connectivity index (χ1) is 5.83. The Morgan fingerprint density at radius 1 is 1.50 bits per heavy atom. The highest BCUT2D eigenvalue weighted by atomic mass is 15.1. The first kappa shape index (κ1) is 7.80. The molecular weight excluding hydrogens is 150 g/mol. The van der Waals surface area contributed by atoms with E-state index in [0.29, 0.717) is 6.54 Å². The van der Waals surface area contributed by atoms with Crippen LogP contribution in [0.3, 0.4) is 0 Å². The Morgan fingerprint density at radius 3 is 3.08 bits per heavy atom. The quantitative estimate of drug-likeness (QED) is 0.674. The molecule has 2 heterocycles. The van der Waals surface area contributed by atoms with Crippen LogP contribution in [-0.4, -0.2) is 9.55 Å². The molecule has 0 radical (unpaired) electrons. The zero-order chi connectivity index (χ0) is 8.55. The summed E-state index contributed by atoms with van der Waals surface area (Å²) < 4.78 is 2.29. The Labute approximate surface area is 72.6 Å². The molecule has 1 aromatic heterocycles. The van der Waals surface area contributed by atoms with Gasteiger partial charge in [-0.15, -0.1) is 0 Å². The van der Waals surface area contributed by atoms with Gasteiger partial charge in [-0.05, 0) is 19.8 Å². The summed E-state index contributed by atoms with van der Waals surface area (Å²) in [6.45, 7) is 3.79. The number of rotatable bonds is 1. The molecule has 2 N–H and O–H groups in total. The van der Waals surface area contributed by atoms with Crippen LogP contribution in [0.15, 0.2) is 0 Å². The van der Waals surface area contributed by atoms with Crippen LogP contribution in [0.5, 0.6) is 0 Å². The van der Waals surface area contributed by atoms with Crippen molar-refractivity contribution in [2.24, 2.45) is 5.73 Å². The molecule has 3 nitrogen and oxygen atoms in total. The summed E-state index contributed by atoms with van der Waals surface area (Å²) >= 11 is 0. The molecule has 2 rings (SSSR count). The van der Waals surface area contributed by atoms with Crippen molar-refractivity contribution in [2.45, 2.75) is 39.3 Å². The number of aromatic nitrogens is 2. The van der Waals surface area contributed by atoms with Gasteiger partial charge in [-0.2, -0.15) is 0 Å². The summed E-state index contributed by atoms with van der Waals surface area (Å²) in [4.78, 5) is 4.50. The van der Waals surface area contributed by atoms with E-state index < -0.39 is 0 Å². The lowest BCUT2D eigenvalue weighted by molar-refractivity contribution is 0.508. The van der Waals surface area contributed by atoms with Gasteiger partial charge in [-0.3, -0.25) is 0 Å². The van der Waals surface area contributed by atoms with Crippen LogP contribution in [0.4, 0.5) is 0 Å². The normalized spacial score (nSPS) is 16.2. The molecule has 0 aliphatic carbocycles. The molecule has 0 spiro atoms. The number of aryl methyl sites for hydroxylation is 2. The van der Waals surface area contributed by atoms with E-state index in [1.165, 1.54) is 24.4 Å². The van der Waals surface area contributed by atoms with Crippen molar-refractivity contribution < 1.29 is 0 Å². The third kappa shape index (κ3) is 1.05. The lowest BCUT2D eigenvalue weighted by Gasteiger charge is -2.15. The molecule has 12 heavy (non-hydrogen) atoms. The molecule has 0 saturated carbocycles. The molecule has 0 amide bonds. The maximum Gasteiger partial charge on any atom is 0.109 e. The van der Waals surface area contributed by atoms with Gasteiger partial charge in [0.25, 0.3) is 0 Å². The topological polar surface area (TPSA) is 43.8 Å². The van der Waals surface area contributed by atoms with E-state index in [4.69, 9.17) is 5.73 Å². The monoisotopic (exact) mass is 165 g/mol. The largest absolute Gasteiger partial charge is 0.331 e. The van der Waals surface area contributed by atoms with Gasteiger partial charge in [0.1, 0.15) is 5.82 Å². The first-order valence-corrected chi connectivity index (χ1v) is 4.58. The summed E-state index contributed by atoms with van der Waals surface area (Å²) in [6.07, 6.45) is 3.68. The van der Waals surface area contributed by atoms with Crippen molar-refractivity contribution in [3.63, 3.8) is 0 Å². The number of nitrogens with zero attached hydrogens (tertiary/aromatic N) is 2. The maximum absolute atomic E-state index is 5.66. The summed E-state index contributed by atoms with van der Waals surface area (Å²) in [7, 11) is 0. The smallest absolute Gasteiger partial charge is 0.109 e. The standard InChI is InChI=1S/C9H15N3/c1-7-8(6-10)12-5-3-2-4-9(12)11-7/h2-6,10H2,1H3. The molecule has 1 aliphatic rings. The molecule has 0 atom stereocenters. The Balaban J connectivity index is 2.46. The highest BCUT2D eigenvalue weighted by Crippen LogP contribution is 2.18. The van der Waals surface area contributed by atoms with E-state index in [1.54, 1.807) is 0 Å². The third-order valence-electron chi connectivity index (χ3n) is 2.58. The van der Waals surface area contributed by atoms with Crippen molar-refractivity contribution in [2.75, 3.05) is 0 Å². The molecule has 0 bridgehead atoms. The fraction of sp³-hybridized carbons (Fsp3) is 0.667. The van der Waals surface area contributed by atoms with Gasteiger partial charge in [0.05, 0.1) is 11.4 Å². The molecule has 0 fully saturated rings. The van der Waals surface area contributed by atoms with Gasteiger partial charge in [0, 0.05) is 19.5 Å². The van der Waals surface area contributed by atoms with Crippen LogP contribution in [0, 0.1) is 6.92 Å². The third-order valence-corrected chi connectivity index (χ3v) is 2.58. The second-order valence-electron chi connectivity index (χ2n) is 3.37. The average Bonchev–Trinajstić information content (AvgIpc) is 2.40. The van der Waals surface area contributed by atoms with E-state index in [0.717, 1.165) is 18.7 Å². The predicted octanol–water partition coefficient (Wildman–Crippen LogP) is 0.987. The average molecular weight is 165 g/mol. The first-order valence-electron chi connectivity index (χ1n) is 4.58. The van der Waals surface area contributed by atoms with Crippen LogP contribution in [-0.2, 0) is 19.5 Å². The zero-order valence-electron chi connectivity index (χ0n) is 7.51. The number of nitrogens with two attached hydrogens (primary N) is 1. The van der Waals surface area contributed by atoms with E-state index in [9.17, 15) is 0 Å². The summed E-state index contributed by atoms with van der Waals surface area (Å²) in [5, 5.41) is 0. The maximum atomic E-state index is 5.66. The molecule has 3 heteroatoms. The van der Waals surface area contributed by atoms with Crippen LogP contribution in [0.1, 0.15) is 30.1 Å². The van der Waals surface area contributed by atoms with E-state index >= 15 is 0 Å². The Bertz CT molecular complexity index is 288. The number of hydrogen-bond acceptors (Lipinski definition) is 2. The zero-order valence-corrected chi connectivity index (χ0v) is 7.51. The highest BCUT2D eigenvalue weighted by molar-refractivity contribution is 5.16. The fourth-order valence-electron chi connectivity index (χ4n) is 1.94. The van der Waals surface area contributed by atoms with Crippen molar-refractivity contribution in [3.8, 4) is 0 Å². The summed E-state index contributed by atoms with van der Waals surface area (Å²) in [6, 6.07) is 0. The molecular formula is C9H15N3. The van der Waals surface area contributed by atoms with Gasteiger partial charge in [-0.1, -0.05) is 0 Å². The van der Waals surface area contributed by atoms with Crippen molar-refractivity contribution in [3.05, 3.63) is 17.2 Å². The summed E-state index contributed by atoms with van der Waals surface area (Å²) in [5.74, 6) is 1.24. The van der Waals surface area contributed by atoms with E-state index in [-0.39, 0.29) is 0 Å². The van der Waals surface area contributed by atoms with Crippen molar-refractivity contribution in [1.82, 2.24) is 9.55 Å². The van der Waals surface area contributed by atoms with Gasteiger partial charge in [0.15, 0.2) is 0 Å². The molecule has 0 aromatic carbocycles. The minimum absolute atomic E-state index is 0.624. The molecule has 0 unspecified atom stereocenters. The van der Waals surface area contributed by atoms with Gasteiger partial charge >= 0.3 is 0 Å². The van der Waals surface area contributed by atoms with Crippen molar-refractivity contribution in [1.29, 1.82) is 0 Å². The minimum atomic E-state index is 0.624. The fourth-order valence-corrected chi connectivity index (χ4v) is 1.94. The molecule has 1 aromatic rings. The number of imidazole rings is 1. The second-order valence-corrected chi connectivity index (χ2v) is 3.37. The Morgan fingerprint density at radius 2 is 2.33 bits per heavy atom. The molecule has 1 aliphatic heterocycles. The number of hydrogen-bond donors (Lipinski definition) is 1. The van der Waals surface area contributed by atoms with Gasteiger partial charge in [0.2, 0.25) is 0 Å². The van der Waals surface area contributed by atoms with Crippen LogP contribution in [0.2, 0.25) is 0 Å². The predicted molar refractivity (Wildman–Crippen MR) is 47.8 cm³/mol. The van der Waals surface area contributed by atoms with E-state index in [1.807, 2.05) is 6.92 Å². The van der Waals surface area contributed by atoms with Crippen LogP contribution < -0.4 is 5.73 Å².